The highest BCUT2D eigenvalue weighted by molar-refractivity contribution is 7.09. The minimum atomic E-state index is -0.515. The van der Waals surface area contributed by atoms with Gasteiger partial charge in [0.1, 0.15) is 29.5 Å². The molecule has 160 valence electrons. The van der Waals surface area contributed by atoms with Gasteiger partial charge in [-0.3, -0.25) is 4.79 Å². The SMILES string of the molecule is CCOC(=O)c1ccc(COc2ccc3c(=O)c(-c4csc(C)n4)c(C)oc3c2C)o1. The van der Waals surface area contributed by atoms with Gasteiger partial charge in [0.15, 0.2) is 0 Å². The summed E-state index contributed by atoms with van der Waals surface area (Å²) in [5, 5.41) is 3.22. The van der Waals surface area contributed by atoms with E-state index in [9.17, 15) is 9.59 Å². The summed E-state index contributed by atoms with van der Waals surface area (Å²) in [4.78, 5) is 29.3. The fourth-order valence-electron chi connectivity index (χ4n) is 3.33. The second-order valence-corrected chi connectivity index (χ2v) is 8.02. The number of carbonyl (C=O) groups is 1. The first-order valence-corrected chi connectivity index (χ1v) is 10.6. The maximum Gasteiger partial charge on any atom is 0.374 e. The third-order valence-electron chi connectivity index (χ3n) is 4.82. The summed E-state index contributed by atoms with van der Waals surface area (Å²) >= 11 is 1.49. The highest BCUT2D eigenvalue weighted by Gasteiger charge is 2.19. The molecule has 0 aliphatic rings. The number of nitrogens with zero attached hydrogens (tertiary/aromatic N) is 1. The number of carbonyl (C=O) groups excluding carboxylic acids is 1. The number of fused-ring (bicyclic) bond motifs is 1. The van der Waals surface area contributed by atoms with Gasteiger partial charge in [0, 0.05) is 10.9 Å². The molecule has 3 heterocycles. The summed E-state index contributed by atoms with van der Waals surface area (Å²) in [6.45, 7) is 7.61. The van der Waals surface area contributed by atoms with E-state index in [1.54, 1.807) is 38.1 Å². The highest BCUT2D eigenvalue weighted by Crippen LogP contribution is 2.31. The second kappa shape index (κ2) is 8.39. The van der Waals surface area contributed by atoms with Gasteiger partial charge in [0.05, 0.1) is 28.3 Å². The molecule has 31 heavy (non-hydrogen) atoms. The molecule has 3 aromatic heterocycles. The van der Waals surface area contributed by atoms with Gasteiger partial charge in [-0.25, -0.2) is 9.78 Å². The summed E-state index contributed by atoms with van der Waals surface area (Å²) in [7, 11) is 0. The smallest absolute Gasteiger partial charge is 0.374 e. The summed E-state index contributed by atoms with van der Waals surface area (Å²) < 4.78 is 22.3. The van der Waals surface area contributed by atoms with Crippen molar-refractivity contribution in [2.45, 2.75) is 34.3 Å². The maximum atomic E-state index is 13.1. The summed E-state index contributed by atoms with van der Waals surface area (Å²) in [6, 6.07) is 6.64. The largest absolute Gasteiger partial charge is 0.485 e. The van der Waals surface area contributed by atoms with E-state index in [1.807, 2.05) is 19.2 Å². The van der Waals surface area contributed by atoms with E-state index in [0.717, 1.165) is 5.01 Å². The van der Waals surface area contributed by atoms with Gasteiger partial charge < -0.3 is 18.3 Å². The number of thiazole rings is 1. The first-order valence-electron chi connectivity index (χ1n) is 9.77. The Morgan fingerprint density at radius 2 is 1.94 bits per heavy atom. The molecule has 0 spiro atoms. The van der Waals surface area contributed by atoms with Gasteiger partial charge >= 0.3 is 5.97 Å². The van der Waals surface area contributed by atoms with Crippen LogP contribution < -0.4 is 10.2 Å². The maximum absolute atomic E-state index is 13.1. The molecule has 8 heteroatoms. The molecule has 0 fully saturated rings. The molecule has 0 amide bonds. The Morgan fingerprint density at radius 1 is 1.13 bits per heavy atom. The van der Waals surface area contributed by atoms with Crippen LogP contribution in [0.25, 0.3) is 22.2 Å². The Bertz CT molecular complexity index is 1330. The molecule has 0 N–H and O–H groups in total. The van der Waals surface area contributed by atoms with E-state index >= 15 is 0 Å². The average Bonchev–Trinajstić information content (AvgIpc) is 3.38. The minimum Gasteiger partial charge on any atom is -0.485 e. The Balaban J connectivity index is 1.63. The number of aryl methyl sites for hydroxylation is 3. The number of furan rings is 1. The average molecular weight is 439 g/mol. The molecule has 0 aliphatic carbocycles. The molecule has 7 nitrogen and oxygen atoms in total. The molecule has 0 aliphatic heterocycles. The molecular formula is C23H21NO6S. The van der Waals surface area contributed by atoms with Crippen molar-refractivity contribution in [3.8, 4) is 17.0 Å². The van der Waals surface area contributed by atoms with Crippen LogP contribution >= 0.6 is 11.3 Å². The molecule has 4 rings (SSSR count). The molecule has 0 bridgehead atoms. The van der Waals surface area contributed by atoms with Crippen LogP contribution in [0.1, 0.15) is 39.6 Å². The number of esters is 1. The van der Waals surface area contributed by atoms with Crippen molar-refractivity contribution in [2.75, 3.05) is 6.61 Å². The van der Waals surface area contributed by atoms with Crippen molar-refractivity contribution in [2.24, 2.45) is 0 Å². The lowest BCUT2D eigenvalue weighted by Crippen LogP contribution is -2.09. The Morgan fingerprint density at radius 3 is 2.65 bits per heavy atom. The highest BCUT2D eigenvalue weighted by atomic mass is 32.1. The van der Waals surface area contributed by atoms with E-state index < -0.39 is 5.97 Å². The molecule has 0 radical (unpaired) electrons. The van der Waals surface area contributed by atoms with Crippen LogP contribution in [0.5, 0.6) is 5.75 Å². The normalized spacial score (nSPS) is 11.1. The summed E-state index contributed by atoms with van der Waals surface area (Å²) in [6.07, 6.45) is 0. The number of benzene rings is 1. The van der Waals surface area contributed by atoms with Gasteiger partial charge in [-0.2, -0.15) is 0 Å². The molecule has 0 atom stereocenters. The number of rotatable bonds is 6. The second-order valence-electron chi connectivity index (χ2n) is 6.95. The molecule has 1 aromatic carbocycles. The quantitative estimate of drug-likeness (QED) is 0.382. The third kappa shape index (κ3) is 3.98. The fraction of sp³-hybridized carbons (Fsp3) is 0.261. The summed E-state index contributed by atoms with van der Waals surface area (Å²) in [5.41, 5.74) is 2.16. The molecule has 0 saturated heterocycles. The Kier molecular flexibility index (Phi) is 5.65. The van der Waals surface area contributed by atoms with Crippen molar-refractivity contribution in [3.63, 3.8) is 0 Å². The first kappa shape index (κ1) is 20.9. The number of hydrogen-bond donors (Lipinski definition) is 0. The number of aromatic nitrogens is 1. The number of ether oxygens (including phenoxy) is 2. The zero-order chi connectivity index (χ0) is 22.1. The molecule has 4 aromatic rings. The van der Waals surface area contributed by atoms with E-state index in [4.69, 9.17) is 18.3 Å². The standard InChI is InChI=1S/C23H21NO6S/c1-5-27-23(26)19-8-6-15(30-19)10-28-18-9-7-16-21(25)20(17-11-31-14(4)24-17)13(3)29-22(16)12(18)2/h6-9,11H,5,10H2,1-4H3. The van der Waals surface area contributed by atoms with Crippen molar-refractivity contribution in [3.05, 3.63) is 67.7 Å². The van der Waals surface area contributed by atoms with Gasteiger partial charge in [0.25, 0.3) is 0 Å². The predicted molar refractivity (Wildman–Crippen MR) is 117 cm³/mol. The Labute approximate surface area is 182 Å². The lowest BCUT2D eigenvalue weighted by molar-refractivity contribution is 0.0486. The van der Waals surface area contributed by atoms with Crippen LogP contribution in [-0.4, -0.2) is 17.6 Å². The fourth-order valence-corrected chi connectivity index (χ4v) is 3.93. The van der Waals surface area contributed by atoms with E-state index in [-0.39, 0.29) is 24.4 Å². The molecular weight excluding hydrogens is 418 g/mol. The van der Waals surface area contributed by atoms with Crippen LogP contribution in [0.2, 0.25) is 0 Å². The van der Waals surface area contributed by atoms with Gasteiger partial charge in [-0.15, -0.1) is 11.3 Å². The van der Waals surface area contributed by atoms with Crippen molar-refractivity contribution >= 4 is 28.3 Å². The molecule has 0 unspecified atom stereocenters. The topological polar surface area (TPSA) is 91.8 Å². The molecule has 0 saturated carbocycles. The van der Waals surface area contributed by atoms with E-state index in [1.165, 1.54) is 11.3 Å². The van der Waals surface area contributed by atoms with Gasteiger partial charge in [-0.1, -0.05) is 0 Å². The monoisotopic (exact) mass is 439 g/mol. The van der Waals surface area contributed by atoms with Crippen LogP contribution in [0.4, 0.5) is 0 Å². The van der Waals surface area contributed by atoms with E-state index in [2.05, 4.69) is 4.98 Å². The summed E-state index contributed by atoms with van der Waals surface area (Å²) in [5.74, 6) is 1.16. The zero-order valence-corrected chi connectivity index (χ0v) is 18.4. The van der Waals surface area contributed by atoms with Crippen LogP contribution in [0.15, 0.2) is 43.3 Å². The predicted octanol–water partition coefficient (Wildman–Crippen LogP) is 5.19. The first-order chi connectivity index (χ1) is 14.9. The minimum absolute atomic E-state index is 0.116. The van der Waals surface area contributed by atoms with E-state index in [0.29, 0.717) is 45.1 Å². The van der Waals surface area contributed by atoms with Crippen LogP contribution in [0.3, 0.4) is 0 Å². The third-order valence-corrected chi connectivity index (χ3v) is 5.59. The van der Waals surface area contributed by atoms with Gasteiger partial charge in [0.2, 0.25) is 11.2 Å². The van der Waals surface area contributed by atoms with Gasteiger partial charge in [-0.05, 0) is 52.0 Å². The van der Waals surface area contributed by atoms with Crippen molar-refractivity contribution < 1.29 is 23.1 Å². The van der Waals surface area contributed by atoms with Crippen molar-refractivity contribution in [1.82, 2.24) is 4.98 Å². The lowest BCUT2D eigenvalue weighted by Gasteiger charge is -2.11. The van der Waals surface area contributed by atoms with Crippen molar-refractivity contribution in [1.29, 1.82) is 0 Å². The van der Waals surface area contributed by atoms with Crippen LogP contribution in [-0.2, 0) is 11.3 Å². The lowest BCUT2D eigenvalue weighted by atomic mass is 10.1. The Hall–Kier alpha value is -3.39. The van der Waals surface area contributed by atoms with Crippen LogP contribution in [0, 0.1) is 20.8 Å². The number of hydrogen-bond acceptors (Lipinski definition) is 8. The zero-order valence-electron chi connectivity index (χ0n) is 17.6.